The van der Waals surface area contributed by atoms with Crippen LogP contribution >= 0.6 is 11.3 Å². The van der Waals surface area contributed by atoms with Gasteiger partial charge in [-0.15, -0.1) is 11.3 Å². The minimum Gasteiger partial charge on any atom is -0.481 e. The molecular formula is C14H22N2O3S. The standard InChI is InChI=1S/C14H22N2O3S/c1-11(2)16(7-6-14(18)19)10-13(17)15(3)9-12-5-4-8-20-12/h4-5,8,11H,6-7,9-10H2,1-3H3,(H,18,19). The Hall–Kier alpha value is -1.40. The summed E-state index contributed by atoms with van der Waals surface area (Å²) in [4.78, 5) is 27.5. The van der Waals surface area contributed by atoms with Gasteiger partial charge >= 0.3 is 5.97 Å². The van der Waals surface area contributed by atoms with Gasteiger partial charge in [0.2, 0.25) is 5.91 Å². The van der Waals surface area contributed by atoms with Crippen LogP contribution in [0.3, 0.4) is 0 Å². The molecule has 112 valence electrons. The SMILES string of the molecule is CC(C)N(CCC(=O)O)CC(=O)N(C)Cc1cccs1. The molecule has 5 nitrogen and oxygen atoms in total. The van der Waals surface area contributed by atoms with Crippen LogP contribution in [0.5, 0.6) is 0 Å². The first-order chi connectivity index (χ1) is 9.40. The Bertz CT molecular complexity index is 432. The van der Waals surface area contributed by atoms with Crippen molar-refractivity contribution in [2.24, 2.45) is 0 Å². The second kappa shape index (κ2) is 8.01. The fourth-order valence-corrected chi connectivity index (χ4v) is 2.54. The molecular weight excluding hydrogens is 276 g/mol. The lowest BCUT2D eigenvalue weighted by Gasteiger charge is -2.27. The smallest absolute Gasteiger partial charge is 0.304 e. The number of thiophene rings is 1. The molecule has 20 heavy (non-hydrogen) atoms. The van der Waals surface area contributed by atoms with Gasteiger partial charge in [-0.3, -0.25) is 14.5 Å². The third kappa shape index (κ3) is 5.71. The van der Waals surface area contributed by atoms with Crippen LogP contribution in [0.15, 0.2) is 17.5 Å². The van der Waals surface area contributed by atoms with Crippen molar-refractivity contribution in [1.29, 1.82) is 0 Å². The lowest BCUT2D eigenvalue weighted by Crippen LogP contribution is -2.42. The number of aliphatic carboxylic acids is 1. The molecule has 0 atom stereocenters. The van der Waals surface area contributed by atoms with Crippen molar-refractivity contribution in [3.63, 3.8) is 0 Å². The molecule has 6 heteroatoms. The number of rotatable bonds is 8. The van der Waals surface area contributed by atoms with E-state index in [0.29, 0.717) is 13.1 Å². The topological polar surface area (TPSA) is 60.9 Å². The maximum absolute atomic E-state index is 12.2. The van der Waals surface area contributed by atoms with Gasteiger partial charge in [-0.05, 0) is 25.3 Å². The number of nitrogens with zero attached hydrogens (tertiary/aromatic N) is 2. The van der Waals surface area contributed by atoms with Gasteiger partial charge in [-0.1, -0.05) is 6.07 Å². The summed E-state index contributed by atoms with van der Waals surface area (Å²) in [6.07, 6.45) is 0.0557. The van der Waals surface area contributed by atoms with E-state index in [2.05, 4.69) is 0 Å². The molecule has 1 rings (SSSR count). The quantitative estimate of drug-likeness (QED) is 0.796. The maximum Gasteiger partial charge on any atom is 0.304 e. The Morgan fingerprint density at radius 3 is 2.60 bits per heavy atom. The molecule has 0 bridgehead atoms. The zero-order valence-electron chi connectivity index (χ0n) is 12.2. The van der Waals surface area contributed by atoms with E-state index in [0.717, 1.165) is 4.88 Å². The normalized spacial score (nSPS) is 11.1. The molecule has 0 aromatic carbocycles. The van der Waals surface area contributed by atoms with E-state index in [4.69, 9.17) is 5.11 Å². The number of carboxylic acid groups (broad SMARTS) is 1. The molecule has 1 amide bonds. The summed E-state index contributed by atoms with van der Waals surface area (Å²) >= 11 is 1.62. The highest BCUT2D eigenvalue weighted by Gasteiger charge is 2.18. The molecule has 0 saturated carbocycles. The predicted molar refractivity (Wildman–Crippen MR) is 79.8 cm³/mol. The molecule has 0 radical (unpaired) electrons. The predicted octanol–water partition coefficient (Wildman–Crippen LogP) is 1.89. The summed E-state index contributed by atoms with van der Waals surface area (Å²) in [5.41, 5.74) is 0. The highest BCUT2D eigenvalue weighted by atomic mass is 32.1. The van der Waals surface area contributed by atoms with E-state index in [1.165, 1.54) is 0 Å². The van der Waals surface area contributed by atoms with Gasteiger partial charge in [-0.2, -0.15) is 0 Å². The molecule has 0 unspecified atom stereocenters. The van der Waals surface area contributed by atoms with Gasteiger partial charge in [-0.25, -0.2) is 0 Å². The largest absolute Gasteiger partial charge is 0.481 e. The Balaban J connectivity index is 2.49. The van der Waals surface area contributed by atoms with E-state index in [1.807, 2.05) is 36.3 Å². The average Bonchev–Trinajstić information content (AvgIpc) is 2.86. The molecule has 0 saturated heterocycles. The van der Waals surface area contributed by atoms with Gasteiger partial charge in [0.05, 0.1) is 19.5 Å². The third-order valence-corrected chi connectivity index (χ3v) is 3.94. The zero-order valence-corrected chi connectivity index (χ0v) is 13.0. The van der Waals surface area contributed by atoms with E-state index < -0.39 is 5.97 Å². The lowest BCUT2D eigenvalue weighted by atomic mass is 10.2. The van der Waals surface area contributed by atoms with Gasteiger partial charge in [0.25, 0.3) is 0 Å². The summed E-state index contributed by atoms with van der Waals surface area (Å²) in [5.74, 6) is -0.826. The summed E-state index contributed by atoms with van der Waals surface area (Å²) in [6, 6.07) is 4.11. The van der Waals surface area contributed by atoms with Crippen LogP contribution in [0.1, 0.15) is 25.1 Å². The van der Waals surface area contributed by atoms with Crippen LogP contribution in [0.25, 0.3) is 0 Å². The Labute approximate surface area is 123 Å². The van der Waals surface area contributed by atoms with E-state index in [1.54, 1.807) is 23.3 Å². The van der Waals surface area contributed by atoms with Crippen LogP contribution in [0, 0.1) is 0 Å². The fraction of sp³-hybridized carbons (Fsp3) is 0.571. The summed E-state index contributed by atoms with van der Waals surface area (Å²) in [6.45, 7) is 5.18. The van der Waals surface area contributed by atoms with Gasteiger partial charge in [0.15, 0.2) is 0 Å². The van der Waals surface area contributed by atoms with Crippen LogP contribution in [0.2, 0.25) is 0 Å². The number of carbonyl (C=O) groups is 2. The molecule has 0 spiro atoms. The first-order valence-electron chi connectivity index (χ1n) is 6.62. The summed E-state index contributed by atoms with van der Waals surface area (Å²) < 4.78 is 0. The van der Waals surface area contributed by atoms with Crippen molar-refractivity contribution in [3.05, 3.63) is 22.4 Å². The number of hydrogen-bond acceptors (Lipinski definition) is 4. The van der Waals surface area contributed by atoms with E-state index in [9.17, 15) is 9.59 Å². The Morgan fingerprint density at radius 1 is 1.40 bits per heavy atom. The van der Waals surface area contributed by atoms with E-state index >= 15 is 0 Å². The van der Waals surface area contributed by atoms with Crippen molar-refractivity contribution >= 4 is 23.2 Å². The number of hydrogen-bond donors (Lipinski definition) is 1. The molecule has 1 heterocycles. The van der Waals surface area contributed by atoms with Gasteiger partial charge in [0.1, 0.15) is 0 Å². The lowest BCUT2D eigenvalue weighted by molar-refractivity contribution is -0.138. The molecule has 1 aromatic heterocycles. The molecule has 0 aliphatic rings. The molecule has 0 fully saturated rings. The minimum absolute atomic E-state index is 0.0116. The van der Waals surface area contributed by atoms with Crippen LogP contribution in [-0.4, -0.2) is 53.0 Å². The van der Waals surface area contributed by atoms with Crippen molar-refractivity contribution in [2.45, 2.75) is 32.9 Å². The monoisotopic (exact) mass is 298 g/mol. The summed E-state index contributed by atoms with van der Waals surface area (Å²) in [5, 5.41) is 10.7. The molecule has 1 aromatic rings. The maximum atomic E-state index is 12.2. The molecule has 0 aliphatic carbocycles. The first kappa shape index (κ1) is 16.7. The second-order valence-electron chi connectivity index (χ2n) is 5.04. The third-order valence-electron chi connectivity index (χ3n) is 3.08. The van der Waals surface area contributed by atoms with Crippen molar-refractivity contribution in [3.8, 4) is 0 Å². The highest BCUT2D eigenvalue weighted by molar-refractivity contribution is 7.09. The molecule has 0 aliphatic heterocycles. The number of carbonyl (C=O) groups excluding carboxylic acids is 1. The fourth-order valence-electron chi connectivity index (χ4n) is 1.78. The van der Waals surface area contributed by atoms with E-state index in [-0.39, 0.29) is 24.9 Å². The minimum atomic E-state index is -0.838. The Kier molecular flexibility index (Phi) is 6.67. The Morgan fingerprint density at radius 2 is 2.10 bits per heavy atom. The summed E-state index contributed by atoms with van der Waals surface area (Å²) in [7, 11) is 1.78. The number of carboxylic acids is 1. The zero-order chi connectivity index (χ0) is 15.1. The highest BCUT2D eigenvalue weighted by Crippen LogP contribution is 2.11. The van der Waals surface area contributed by atoms with Crippen molar-refractivity contribution in [2.75, 3.05) is 20.1 Å². The number of likely N-dealkylation sites (N-methyl/N-ethyl adjacent to an activating group) is 1. The molecule has 1 N–H and O–H groups in total. The van der Waals surface area contributed by atoms with Gasteiger partial charge < -0.3 is 10.0 Å². The number of amides is 1. The van der Waals surface area contributed by atoms with Crippen LogP contribution in [0.4, 0.5) is 0 Å². The van der Waals surface area contributed by atoms with Gasteiger partial charge in [0, 0.05) is 24.5 Å². The first-order valence-corrected chi connectivity index (χ1v) is 7.50. The average molecular weight is 298 g/mol. The van der Waals surface area contributed by atoms with Crippen molar-refractivity contribution < 1.29 is 14.7 Å². The second-order valence-corrected chi connectivity index (χ2v) is 6.07. The van der Waals surface area contributed by atoms with Crippen molar-refractivity contribution in [1.82, 2.24) is 9.80 Å². The van der Waals surface area contributed by atoms with Crippen LogP contribution in [-0.2, 0) is 16.1 Å². The van der Waals surface area contributed by atoms with Crippen LogP contribution < -0.4 is 0 Å².